The van der Waals surface area contributed by atoms with Crippen molar-refractivity contribution in [3.05, 3.63) is 28.2 Å². The van der Waals surface area contributed by atoms with Crippen LogP contribution in [0, 0.1) is 12.8 Å². The van der Waals surface area contributed by atoms with Crippen molar-refractivity contribution in [2.75, 3.05) is 4.90 Å². The number of carbonyl (C=O) groups is 2. The van der Waals surface area contributed by atoms with Gasteiger partial charge in [0.15, 0.2) is 0 Å². The highest BCUT2D eigenvalue weighted by Gasteiger charge is 2.47. The highest BCUT2D eigenvalue weighted by atomic mass is 79.9. The lowest BCUT2D eigenvalue weighted by molar-refractivity contribution is -0.138. The number of nitrogens with one attached hydrogen (secondary N) is 1. The van der Waals surface area contributed by atoms with Gasteiger partial charge in [0.25, 0.3) is 5.91 Å². The maximum atomic E-state index is 12.9. The first kappa shape index (κ1) is 16.0. The molecule has 1 aromatic rings. The van der Waals surface area contributed by atoms with Crippen LogP contribution in [0.1, 0.15) is 33.3 Å². The normalized spacial score (nSPS) is 21.7. The van der Waals surface area contributed by atoms with Gasteiger partial charge >= 0.3 is 0 Å². The van der Waals surface area contributed by atoms with Crippen molar-refractivity contribution in [3.8, 4) is 0 Å². The van der Waals surface area contributed by atoms with Gasteiger partial charge in [-0.15, -0.1) is 0 Å². The first-order valence-corrected chi connectivity index (χ1v) is 7.86. The molecule has 0 spiro atoms. The Labute approximate surface area is 134 Å². The van der Waals surface area contributed by atoms with E-state index in [1.807, 2.05) is 39.0 Å². The summed E-state index contributed by atoms with van der Waals surface area (Å²) in [5.41, 5.74) is 0.903. The predicted octanol–water partition coefficient (Wildman–Crippen LogP) is 3.02. The number of hydrogen-bond donors (Lipinski definition) is 1. The number of piperazine rings is 1. The molecule has 2 rings (SSSR count). The third-order valence-corrected chi connectivity index (χ3v) is 4.40. The number of nitrogens with zero attached hydrogens (tertiary/aromatic N) is 1. The van der Waals surface area contributed by atoms with Crippen LogP contribution in [0.2, 0.25) is 0 Å². The van der Waals surface area contributed by atoms with E-state index in [2.05, 4.69) is 21.2 Å². The third-order valence-electron chi connectivity index (χ3n) is 3.73. The lowest BCUT2D eigenvalue weighted by Crippen LogP contribution is -2.69. The quantitative estimate of drug-likeness (QED) is 0.889. The van der Waals surface area contributed by atoms with Crippen molar-refractivity contribution >= 4 is 33.4 Å². The maximum absolute atomic E-state index is 12.9. The molecule has 4 nitrogen and oxygen atoms in total. The van der Waals surface area contributed by atoms with E-state index in [1.165, 1.54) is 0 Å². The average Bonchev–Trinajstić information content (AvgIpc) is 2.35. The van der Waals surface area contributed by atoms with Gasteiger partial charge in [-0.05, 0) is 60.3 Å². The second kappa shape index (κ2) is 5.44. The second-order valence-electron chi connectivity index (χ2n) is 6.43. The number of aryl methyl sites for hydroxylation is 1. The smallest absolute Gasteiger partial charge is 0.252 e. The van der Waals surface area contributed by atoms with Crippen LogP contribution in [-0.4, -0.2) is 23.4 Å². The van der Waals surface area contributed by atoms with Crippen molar-refractivity contribution in [2.45, 2.75) is 46.2 Å². The van der Waals surface area contributed by atoms with Crippen LogP contribution in [0.3, 0.4) is 0 Å². The number of halogens is 1. The maximum Gasteiger partial charge on any atom is 0.252 e. The van der Waals surface area contributed by atoms with Crippen molar-refractivity contribution in [2.24, 2.45) is 5.92 Å². The molecular formula is C16H21BrN2O2. The van der Waals surface area contributed by atoms with E-state index in [0.717, 1.165) is 15.7 Å². The van der Waals surface area contributed by atoms with Gasteiger partial charge in [-0.2, -0.15) is 0 Å². The minimum Gasteiger partial charge on any atom is -0.340 e. The van der Waals surface area contributed by atoms with Gasteiger partial charge in [0.05, 0.1) is 5.69 Å². The zero-order valence-corrected chi connectivity index (χ0v) is 14.6. The Morgan fingerprint density at radius 3 is 2.48 bits per heavy atom. The molecule has 5 heteroatoms. The van der Waals surface area contributed by atoms with E-state index in [4.69, 9.17) is 0 Å². The SMILES string of the molecule is Cc1ccc(Br)c(N2C(=O)C(C)(C)NC(=O)C2C(C)C)c1. The fraction of sp³-hybridized carbons (Fsp3) is 0.500. The molecule has 0 bridgehead atoms. The summed E-state index contributed by atoms with van der Waals surface area (Å²) in [7, 11) is 0. The Morgan fingerprint density at radius 2 is 1.90 bits per heavy atom. The second-order valence-corrected chi connectivity index (χ2v) is 7.29. The number of rotatable bonds is 2. The van der Waals surface area contributed by atoms with E-state index >= 15 is 0 Å². The minimum absolute atomic E-state index is 0.0254. The van der Waals surface area contributed by atoms with Gasteiger partial charge in [-0.25, -0.2) is 0 Å². The molecule has 1 fully saturated rings. The minimum atomic E-state index is -0.897. The predicted molar refractivity (Wildman–Crippen MR) is 87.2 cm³/mol. The number of amides is 2. The molecule has 0 aromatic heterocycles. The molecule has 1 aromatic carbocycles. The van der Waals surface area contributed by atoms with E-state index in [0.29, 0.717) is 0 Å². The van der Waals surface area contributed by atoms with Gasteiger partial charge in [0.2, 0.25) is 5.91 Å². The van der Waals surface area contributed by atoms with Gasteiger partial charge in [-0.3, -0.25) is 14.5 Å². The fourth-order valence-corrected chi connectivity index (χ4v) is 3.09. The monoisotopic (exact) mass is 352 g/mol. The van der Waals surface area contributed by atoms with Gasteiger partial charge in [0, 0.05) is 4.47 Å². The molecule has 0 radical (unpaired) electrons. The zero-order valence-electron chi connectivity index (χ0n) is 13.0. The molecule has 114 valence electrons. The third kappa shape index (κ3) is 2.84. The van der Waals surface area contributed by atoms with Gasteiger partial charge < -0.3 is 5.32 Å². The molecule has 0 saturated carbocycles. The Kier molecular flexibility index (Phi) is 4.15. The summed E-state index contributed by atoms with van der Waals surface area (Å²) in [4.78, 5) is 27.0. The molecule has 0 aliphatic carbocycles. The Bertz CT molecular complexity index is 596. The molecule has 1 atom stereocenters. The molecule has 1 N–H and O–H groups in total. The van der Waals surface area contributed by atoms with Gasteiger partial charge in [0.1, 0.15) is 11.6 Å². The summed E-state index contributed by atoms with van der Waals surface area (Å²) >= 11 is 3.50. The molecule has 21 heavy (non-hydrogen) atoms. The van der Waals surface area contributed by atoms with Crippen LogP contribution in [0.4, 0.5) is 5.69 Å². The Morgan fingerprint density at radius 1 is 1.29 bits per heavy atom. The highest BCUT2D eigenvalue weighted by Crippen LogP contribution is 2.34. The summed E-state index contributed by atoms with van der Waals surface area (Å²) in [5, 5.41) is 2.83. The average molecular weight is 353 g/mol. The molecule has 2 amide bonds. The summed E-state index contributed by atoms with van der Waals surface area (Å²) in [5.74, 6) is -0.174. The van der Waals surface area contributed by atoms with Crippen LogP contribution >= 0.6 is 15.9 Å². The highest BCUT2D eigenvalue weighted by molar-refractivity contribution is 9.10. The summed E-state index contributed by atoms with van der Waals surface area (Å²) in [6.07, 6.45) is 0. The van der Waals surface area contributed by atoms with E-state index < -0.39 is 11.6 Å². The summed E-state index contributed by atoms with van der Waals surface area (Å²) < 4.78 is 0.817. The fourth-order valence-electron chi connectivity index (χ4n) is 2.65. The zero-order chi connectivity index (χ0) is 15.9. The number of benzene rings is 1. The van der Waals surface area contributed by atoms with Crippen LogP contribution < -0.4 is 10.2 Å². The number of anilines is 1. The molecule has 1 aliphatic heterocycles. The first-order valence-electron chi connectivity index (χ1n) is 7.07. The van der Waals surface area contributed by atoms with E-state index in [1.54, 1.807) is 18.7 Å². The molecular weight excluding hydrogens is 332 g/mol. The molecule has 1 heterocycles. The van der Waals surface area contributed by atoms with E-state index in [9.17, 15) is 9.59 Å². The summed E-state index contributed by atoms with van der Waals surface area (Å²) in [6.45, 7) is 9.35. The summed E-state index contributed by atoms with van der Waals surface area (Å²) in [6, 6.07) is 5.32. The lowest BCUT2D eigenvalue weighted by Gasteiger charge is -2.44. The van der Waals surface area contributed by atoms with Crippen molar-refractivity contribution < 1.29 is 9.59 Å². The van der Waals surface area contributed by atoms with E-state index in [-0.39, 0.29) is 17.7 Å². The lowest BCUT2D eigenvalue weighted by atomic mass is 9.91. The van der Waals surface area contributed by atoms with Crippen LogP contribution in [0.25, 0.3) is 0 Å². The number of carbonyl (C=O) groups excluding carboxylic acids is 2. The number of hydrogen-bond acceptors (Lipinski definition) is 2. The standard InChI is InChI=1S/C16H21BrN2O2/c1-9(2)13-14(20)18-16(4,5)15(21)19(13)12-8-10(3)6-7-11(12)17/h6-9,13H,1-5H3,(H,18,20). The van der Waals surface area contributed by atoms with Crippen LogP contribution in [-0.2, 0) is 9.59 Å². The van der Waals surface area contributed by atoms with Crippen molar-refractivity contribution in [1.82, 2.24) is 5.32 Å². The van der Waals surface area contributed by atoms with Gasteiger partial charge in [-0.1, -0.05) is 19.9 Å². The first-order chi connectivity index (χ1) is 9.65. The largest absolute Gasteiger partial charge is 0.340 e. The topological polar surface area (TPSA) is 49.4 Å². The van der Waals surface area contributed by atoms with Crippen LogP contribution in [0.15, 0.2) is 22.7 Å². The molecule has 1 saturated heterocycles. The van der Waals surface area contributed by atoms with Crippen molar-refractivity contribution in [1.29, 1.82) is 0 Å². The van der Waals surface area contributed by atoms with Crippen LogP contribution in [0.5, 0.6) is 0 Å². The Balaban J connectivity index is 2.61. The molecule has 1 unspecified atom stereocenters. The Hall–Kier alpha value is -1.36. The molecule has 1 aliphatic rings. The van der Waals surface area contributed by atoms with Crippen molar-refractivity contribution in [3.63, 3.8) is 0 Å².